The lowest BCUT2D eigenvalue weighted by Gasteiger charge is -2.34. The average molecular weight is 266 g/mol. The van der Waals surface area contributed by atoms with Crippen molar-refractivity contribution in [2.45, 2.75) is 32.2 Å². The van der Waals surface area contributed by atoms with Crippen molar-refractivity contribution in [1.82, 2.24) is 15.0 Å². The molecule has 1 aliphatic rings. The highest BCUT2D eigenvalue weighted by atomic mass is 16.5. The molecule has 0 radical (unpaired) electrons. The Morgan fingerprint density at radius 1 is 1.16 bits per heavy atom. The molecule has 0 amide bonds. The van der Waals surface area contributed by atoms with E-state index in [0.717, 1.165) is 25.8 Å². The number of carbonyl (C=O) groups is 1. The van der Waals surface area contributed by atoms with Crippen LogP contribution < -0.4 is 14.4 Å². The zero-order valence-electron chi connectivity index (χ0n) is 11.4. The molecular formula is C12H18N4O3. The SMILES string of the molecule is COc1nc(OC)nc(N2CCCCC2C(C)=O)n1. The zero-order valence-corrected chi connectivity index (χ0v) is 11.4. The molecule has 7 nitrogen and oxygen atoms in total. The van der Waals surface area contributed by atoms with Gasteiger partial charge in [0.2, 0.25) is 5.95 Å². The van der Waals surface area contributed by atoms with Crippen molar-refractivity contribution < 1.29 is 14.3 Å². The third kappa shape index (κ3) is 2.91. The molecule has 0 spiro atoms. The van der Waals surface area contributed by atoms with E-state index in [1.165, 1.54) is 14.2 Å². The number of piperidine rings is 1. The molecular weight excluding hydrogens is 248 g/mol. The number of hydrogen-bond acceptors (Lipinski definition) is 7. The van der Waals surface area contributed by atoms with Gasteiger partial charge in [0.25, 0.3) is 0 Å². The standard InChI is InChI=1S/C12H18N4O3/c1-8(17)9-6-4-5-7-16(9)10-13-11(18-2)15-12(14-10)19-3/h9H,4-7H2,1-3H3. The molecule has 1 fully saturated rings. The second-order valence-corrected chi connectivity index (χ2v) is 4.42. The van der Waals surface area contributed by atoms with Gasteiger partial charge in [-0.05, 0) is 26.2 Å². The molecule has 1 saturated heterocycles. The molecule has 0 N–H and O–H groups in total. The minimum Gasteiger partial charge on any atom is -0.467 e. The molecule has 2 rings (SSSR count). The maximum atomic E-state index is 11.7. The van der Waals surface area contributed by atoms with Gasteiger partial charge in [0.1, 0.15) is 0 Å². The molecule has 7 heteroatoms. The van der Waals surface area contributed by atoms with Crippen LogP contribution in [0.1, 0.15) is 26.2 Å². The number of carbonyl (C=O) groups excluding carboxylic acids is 1. The number of ether oxygens (including phenoxy) is 2. The summed E-state index contributed by atoms with van der Waals surface area (Å²) in [5, 5.41) is 0. The summed E-state index contributed by atoms with van der Waals surface area (Å²) in [6.45, 7) is 2.35. The molecule has 1 aromatic rings. The molecule has 0 aromatic carbocycles. The van der Waals surface area contributed by atoms with Crippen LogP contribution in [-0.2, 0) is 4.79 Å². The summed E-state index contributed by atoms with van der Waals surface area (Å²) in [6, 6.07) is 0.204. The Morgan fingerprint density at radius 2 is 1.79 bits per heavy atom. The van der Waals surface area contributed by atoms with Gasteiger partial charge >= 0.3 is 12.0 Å². The lowest BCUT2D eigenvalue weighted by molar-refractivity contribution is -0.118. The van der Waals surface area contributed by atoms with Crippen molar-refractivity contribution in [3.05, 3.63) is 0 Å². The van der Waals surface area contributed by atoms with Crippen LogP contribution in [0.25, 0.3) is 0 Å². The molecule has 2 heterocycles. The maximum Gasteiger partial charge on any atom is 0.324 e. The monoisotopic (exact) mass is 266 g/mol. The Labute approximate surface area is 112 Å². The second-order valence-electron chi connectivity index (χ2n) is 4.42. The number of methoxy groups -OCH3 is 2. The van der Waals surface area contributed by atoms with E-state index in [4.69, 9.17) is 9.47 Å². The van der Waals surface area contributed by atoms with E-state index in [9.17, 15) is 4.79 Å². The predicted octanol–water partition coefficient (Wildman–Crippen LogP) is 0.837. The number of nitrogens with zero attached hydrogens (tertiary/aromatic N) is 4. The Morgan fingerprint density at radius 3 is 2.32 bits per heavy atom. The molecule has 0 saturated carbocycles. The highest BCUT2D eigenvalue weighted by molar-refractivity contribution is 5.84. The predicted molar refractivity (Wildman–Crippen MR) is 68.6 cm³/mol. The van der Waals surface area contributed by atoms with Gasteiger partial charge in [-0.15, -0.1) is 4.98 Å². The molecule has 1 atom stereocenters. The van der Waals surface area contributed by atoms with E-state index < -0.39 is 0 Å². The van der Waals surface area contributed by atoms with E-state index in [1.54, 1.807) is 6.92 Å². The summed E-state index contributed by atoms with van der Waals surface area (Å²) >= 11 is 0. The number of Topliss-reactive ketones (excluding diaryl/α,β-unsaturated/α-hetero) is 1. The van der Waals surface area contributed by atoms with Crippen molar-refractivity contribution in [2.24, 2.45) is 0 Å². The van der Waals surface area contributed by atoms with Crippen molar-refractivity contribution >= 4 is 11.7 Å². The molecule has 104 valence electrons. The van der Waals surface area contributed by atoms with Crippen LogP contribution in [0.5, 0.6) is 12.0 Å². The van der Waals surface area contributed by atoms with Crippen LogP contribution in [0.2, 0.25) is 0 Å². The second kappa shape index (κ2) is 5.81. The van der Waals surface area contributed by atoms with E-state index in [1.807, 2.05) is 4.90 Å². The summed E-state index contributed by atoms with van der Waals surface area (Å²) < 4.78 is 10.1. The first-order valence-corrected chi connectivity index (χ1v) is 6.27. The minimum atomic E-state index is -0.175. The van der Waals surface area contributed by atoms with Crippen LogP contribution in [0.3, 0.4) is 0 Å². The van der Waals surface area contributed by atoms with Crippen LogP contribution in [0, 0.1) is 0 Å². The first-order valence-electron chi connectivity index (χ1n) is 6.27. The Hall–Kier alpha value is -1.92. The smallest absolute Gasteiger partial charge is 0.324 e. The quantitative estimate of drug-likeness (QED) is 0.799. The van der Waals surface area contributed by atoms with Crippen molar-refractivity contribution in [3.63, 3.8) is 0 Å². The molecule has 1 aromatic heterocycles. The van der Waals surface area contributed by atoms with Gasteiger partial charge in [-0.2, -0.15) is 9.97 Å². The molecule has 19 heavy (non-hydrogen) atoms. The number of rotatable bonds is 4. The largest absolute Gasteiger partial charge is 0.467 e. The van der Waals surface area contributed by atoms with E-state index in [2.05, 4.69) is 15.0 Å². The van der Waals surface area contributed by atoms with Gasteiger partial charge in [-0.3, -0.25) is 4.79 Å². The first kappa shape index (κ1) is 13.5. The fraction of sp³-hybridized carbons (Fsp3) is 0.667. The summed E-state index contributed by atoms with van der Waals surface area (Å²) in [5.74, 6) is 0.557. The normalized spacial score (nSPS) is 19.1. The van der Waals surface area contributed by atoms with Gasteiger partial charge in [-0.1, -0.05) is 0 Å². The third-order valence-corrected chi connectivity index (χ3v) is 3.18. The first-order chi connectivity index (χ1) is 9.15. The summed E-state index contributed by atoms with van der Waals surface area (Å²) in [6.07, 6.45) is 2.88. The van der Waals surface area contributed by atoms with Gasteiger partial charge in [0, 0.05) is 6.54 Å². The number of anilines is 1. The van der Waals surface area contributed by atoms with Gasteiger partial charge < -0.3 is 14.4 Å². The topological polar surface area (TPSA) is 77.4 Å². The lowest BCUT2D eigenvalue weighted by atomic mass is 10.00. The van der Waals surface area contributed by atoms with Crippen molar-refractivity contribution in [1.29, 1.82) is 0 Å². The fourth-order valence-electron chi connectivity index (χ4n) is 2.23. The zero-order chi connectivity index (χ0) is 13.8. The van der Waals surface area contributed by atoms with Crippen molar-refractivity contribution in [2.75, 3.05) is 25.7 Å². The molecule has 0 bridgehead atoms. The van der Waals surface area contributed by atoms with Gasteiger partial charge in [0.15, 0.2) is 5.78 Å². The molecule has 0 aliphatic carbocycles. The highest BCUT2D eigenvalue weighted by Gasteiger charge is 2.29. The maximum absolute atomic E-state index is 11.7. The minimum absolute atomic E-state index is 0.123. The Kier molecular flexibility index (Phi) is 4.13. The number of aromatic nitrogens is 3. The highest BCUT2D eigenvalue weighted by Crippen LogP contribution is 2.24. The summed E-state index contributed by atoms with van der Waals surface area (Å²) in [7, 11) is 2.97. The number of hydrogen-bond donors (Lipinski definition) is 0. The average Bonchev–Trinajstić information content (AvgIpc) is 2.46. The van der Waals surface area contributed by atoms with Crippen LogP contribution in [0.15, 0.2) is 0 Å². The Balaban J connectivity index is 2.35. The van der Waals surface area contributed by atoms with Gasteiger partial charge in [0.05, 0.1) is 20.3 Å². The van der Waals surface area contributed by atoms with E-state index >= 15 is 0 Å². The van der Waals surface area contributed by atoms with Gasteiger partial charge in [-0.25, -0.2) is 0 Å². The van der Waals surface area contributed by atoms with Crippen molar-refractivity contribution in [3.8, 4) is 12.0 Å². The van der Waals surface area contributed by atoms with E-state index in [0.29, 0.717) is 5.95 Å². The Bertz CT molecular complexity index is 444. The fourth-order valence-corrected chi connectivity index (χ4v) is 2.23. The van der Waals surface area contributed by atoms with E-state index in [-0.39, 0.29) is 23.8 Å². The summed E-state index contributed by atoms with van der Waals surface area (Å²) in [4.78, 5) is 26.0. The summed E-state index contributed by atoms with van der Waals surface area (Å²) in [5.41, 5.74) is 0. The molecule has 1 aliphatic heterocycles. The molecule has 1 unspecified atom stereocenters. The van der Waals surface area contributed by atoms with Crippen LogP contribution in [-0.4, -0.2) is 47.5 Å². The number of ketones is 1. The van der Waals surface area contributed by atoms with Crippen LogP contribution in [0.4, 0.5) is 5.95 Å². The third-order valence-electron chi connectivity index (χ3n) is 3.18. The van der Waals surface area contributed by atoms with Crippen LogP contribution >= 0.6 is 0 Å². The lowest BCUT2D eigenvalue weighted by Crippen LogP contribution is -2.44.